The first-order chi connectivity index (χ1) is 7.75. The molecule has 1 heterocycles. The maximum atomic E-state index is 3.98. The fourth-order valence-corrected chi connectivity index (χ4v) is 1.55. The molecule has 2 nitrogen and oxygen atoms in total. The van der Waals surface area contributed by atoms with E-state index in [0.717, 1.165) is 11.4 Å². The fraction of sp³-hybridized carbons (Fsp3) is 0.214. The predicted octanol–water partition coefficient (Wildman–Crippen LogP) is 3.95. The molecule has 1 aromatic carbocycles. The van der Waals surface area contributed by atoms with Crippen LogP contribution in [-0.2, 0) is 0 Å². The lowest BCUT2D eigenvalue weighted by Gasteiger charge is -2.08. The van der Waals surface area contributed by atoms with Gasteiger partial charge in [0.25, 0.3) is 0 Å². The summed E-state index contributed by atoms with van der Waals surface area (Å²) in [5.41, 5.74) is 3.53. The molecule has 0 spiro atoms. The monoisotopic (exact) mass is 212 g/mol. The predicted molar refractivity (Wildman–Crippen MR) is 68.1 cm³/mol. The first-order valence-electron chi connectivity index (χ1n) is 5.53. The zero-order chi connectivity index (χ0) is 11.4. The Kier molecular flexibility index (Phi) is 3.20. The highest BCUT2D eigenvalue weighted by molar-refractivity contribution is 5.59. The molecule has 82 valence electrons. The number of nitrogens with one attached hydrogen (secondary N) is 1. The van der Waals surface area contributed by atoms with E-state index in [9.17, 15) is 0 Å². The number of pyridine rings is 1. The van der Waals surface area contributed by atoms with Crippen LogP contribution in [0.1, 0.15) is 25.3 Å². The van der Waals surface area contributed by atoms with Crippen molar-refractivity contribution in [3.63, 3.8) is 0 Å². The summed E-state index contributed by atoms with van der Waals surface area (Å²) in [6, 6.07) is 12.4. The van der Waals surface area contributed by atoms with Gasteiger partial charge in [-0.25, -0.2) is 0 Å². The van der Waals surface area contributed by atoms with Crippen molar-refractivity contribution in [2.75, 3.05) is 5.32 Å². The van der Waals surface area contributed by atoms with E-state index in [1.54, 1.807) is 12.4 Å². The zero-order valence-electron chi connectivity index (χ0n) is 9.64. The largest absolute Gasteiger partial charge is 0.355 e. The van der Waals surface area contributed by atoms with Gasteiger partial charge in [-0.1, -0.05) is 26.0 Å². The third kappa shape index (κ3) is 2.60. The molecule has 0 amide bonds. The second-order valence-electron chi connectivity index (χ2n) is 4.14. The Hall–Kier alpha value is -1.83. The van der Waals surface area contributed by atoms with Crippen LogP contribution in [0.3, 0.4) is 0 Å². The minimum absolute atomic E-state index is 0.579. The second-order valence-corrected chi connectivity index (χ2v) is 4.14. The summed E-state index contributed by atoms with van der Waals surface area (Å²) in [5, 5.41) is 3.33. The Morgan fingerprint density at radius 3 is 2.00 bits per heavy atom. The second kappa shape index (κ2) is 4.79. The van der Waals surface area contributed by atoms with Crippen LogP contribution in [0, 0.1) is 0 Å². The van der Waals surface area contributed by atoms with E-state index in [1.807, 2.05) is 12.1 Å². The highest BCUT2D eigenvalue weighted by atomic mass is 14.9. The molecular formula is C14H16N2. The van der Waals surface area contributed by atoms with Crippen LogP contribution in [-0.4, -0.2) is 4.98 Å². The maximum absolute atomic E-state index is 3.98. The molecule has 2 aromatic rings. The van der Waals surface area contributed by atoms with Crippen LogP contribution < -0.4 is 5.32 Å². The highest BCUT2D eigenvalue weighted by Crippen LogP contribution is 2.19. The standard InChI is InChI=1S/C14H16N2/c1-11(2)12-3-5-13(6-4-12)16-14-7-9-15-10-8-14/h3-11H,1-2H3,(H,15,16). The van der Waals surface area contributed by atoms with Crippen molar-refractivity contribution < 1.29 is 0 Å². The summed E-state index contributed by atoms with van der Waals surface area (Å²) in [4.78, 5) is 3.98. The molecule has 0 saturated carbocycles. The number of benzene rings is 1. The summed E-state index contributed by atoms with van der Waals surface area (Å²) in [7, 11) is 0. The highest BCUT2D eigenvalue weighted by Gasteiger charge is 1.98. The van der Waals surface area contributed by atoms with E-state index in [-0.39, 0.29) is 0 Å². The summed E-state index contributed by atoms with van der Waals surface area (Å²) in [6.07, 6.45) is 3.57. The third-order valence-electron chi connectivity index (χ3n) is 2.55. The molecule has 0 aliphatic heterocycles. The number of hydrogen-bond acceptors (Lipinski definition) is 2. The minimum atomic E-state index is 0.579. The topological polar surface area (TPSA) is 24.9 Å². The molecule has 0 radical (unpaired) electrons. The van der Waals surface area contributed by atoms with E-state index in [0.29, 0.717) is 5.92 Å². The van der Waals surface area contributed by atoms with E-state index in [2.05, 4.69) is 48.4 Å². The van der Waals surface area contributed by atoms with Crippen molar-refractivity contribution in [3.8, 4) is 0 Å². The van der Waals surface area contributed by atoms with Crippen molar-refractivity contribution >= 4 is 11.4 Å². The van der Waals surface area contributed by atoms with Crippen LogP contribution in [0.4, 0.5) is 11.4 Å². The summed E-state index contributed by atoms with van der Waals surface area (Å²) >= 11 is 0. The van der Waals surface area contributed by atoms with Crippen molar-refractivity contribution in [2.24, 2.45) is 0 Å². The van der Waals surface area contributed by atoms with Gasteiger partial charge in [-0.3, -0.25) is 4.98 Å². The Morgan fingerprint density at radius 1 is 0.875 bits per heavy atom. The van der Waals surface area contributed by atoms with Gasteiger partial charge in [-0.2, -0.15) is 0 Å². The van der Waals surface area contributed by atoms with E-state index in [1.165, 1.54) is 5.56 Å². The Labute approximate surface area is 96.4 Å². The van der Waals surface area contributed by atoms with Crippen LogP contribution in [0.2, 0.25) is 0 Å². The molecule has 0 aliphatic carbocycles. The Balaban J connectivity index is 2.11. The number of aromatic nitrogens is 1. The number of nitrogens with zero attached hydrogens (tertiary/aromatic N) is 1. The third-order valence-corrected chi connectivity index (χ3v) is 2.55. The van der Waals surface area contributed by atoms with Crippen molar-refractivity contribution in [3.05, 3.63) is 54.4 Å². The number of rotatable bonds is 3. The lowest BCUT2D eigenvalue weighted by Crippen LogP contribution is -1.91. The smallest absolute Gasteiger partial charge is 0.0415 e. The Bertz CT molecular complexity index is 432. The van der Waals surface area contributed by atoms with Gasteiger partial charge in [0.05, 0.1) is 0 Å². The van der Waals surface area contributed by atoms with Gasteiger partial charge in [0, 0.05) is 23.8 Å². The summed E-state index contributed by atoms with van der Waals surface area (Å²) < 4.78 is 0. The molecule has 0 fully saturated rings. The molecule has 2 rings (SSSR count). The number of hydrogen-bond donors (Lipinski definition) is 1. The molecule has 0 saturated heterocycles. The molecular weight excluding hydrogens is 196 g/mol. The Morgan fingerprint density at radius 2 is 1.44 bits per heavy atom. The van der Waals surface area contributed by atoms with Crippen molar-refractivity contribution in [1.82, 2.24) is 4.98 Å². The van der Waals surface area contributed by atoms with Crippen molar-refractivity contribution in [2.45, 2.75) is 19.8 Å². The van der Waals surface area contributed by atoms with Crippen LogP contribution in [0.25, 0.3) is 0 Å². The van der Waals surface area contributed by atoms with Gasteiger partial charge in [0.15, 0.2) is 0 Å². The average molecular weight is 212 g/mol. The van der Waals surface area contributed by atoms with E-state index < -0.39 is 0 Å². The normalized spacial score (nSPS) is 10.4. The fourth-order valence-electron chi connectivity index (χ4n) is 1.55. The van der Waals surface area contributed by atoms with Crippen LogP contribution in [0.5, 0.6) is 0 Å². The van der Waals surface area contributed by atoms with Gasteiger partial charge in [-0.05, 0) is 35.7 Å². The molecule has 0 atom stereocenters. The zero-order valence-corrected chi connectivity index (χ0v) is 9.64. The summed E-state index contributed by atoms with van der Waals surface area (Å²) in [6.45, 7) is 4.40. The molecule has 1 aromatic heterocycles. The summed E-state index contributed by atoms with van der Waals surface area (Å²) in [5.74, 6) is 0.579. The van der Waals surface area contributed by atoms with Gasteiger partial charge in [-0.15, -0.1) is 0 Å². The van der Waals surface area contributed by atoms with Gasteiger partial charge >= 0.3 is 0 Å². The SMILES string of the molecule is CC(C)c1ccc(Nc2ccncc2)cc1. The van der Waals surface area contributed by atoms with Crippen molar-refractivity contribution in [1.29, 1.82) is 0 Å². The quantitative estimate of drug-likeness (QED) is 0.833. The van der Waals surface area contributed by atoms with Gasteiger partial charge < -0.3 is 5.32 Å². The molecule has 0 unspecified atom stereocenters. The maximum Gasteiger partial charge on any atom is 0.0415 e. The first-order valence-corrected chi connectivity index (χ1v) is 5.53. The van der Waals surface area contributed by atoms with E-state index >= 15 is 0 Å². The lowest BCUT2D eigenvalue weighted by molar-refractivity contribution is 0.867. The van der Waals surface area contributed by atoms with Gasteiger partial charge in [0.2, 0.25) is 0 Å². The van der Waals surface area contributed by atoms with E-state index in [4.69, 9.17) is 0 Å². The lowest BCUT2D eigenvalue weighted by atomic mass is 10.0. The molecule has 1 N–H and O–H groups in total. The average Bonchev–Trinajstić information content (AvgIpc) is 2.31. The molecule has 2 heteroatoms. The number of anilines is 2. The molecule has 0 aliphatic rings. The first kappa shape index (κ1) is 10.7. The molecule has 0 bridgehead atoms. The minimum Gasteiger partial charge on any atom is -0.355 e. The van der Waals surface area contributed by atoms with Crippen LogP contribution >= 0.6 is 0 Å². The molecule has 16 heavy (non-hydrogen) atoms. The van der Waals surface area contributed by atoms with Crippen LogP contribution in [0.15, 0.2) is 48.8 Å². The van der Waals surface area contributed by atoms with Gasteiger partial charge in [0.1, 0.15) is 0 Å².